The lowest BCUT2D eigenvalue weighted by Crippen LogP contribution is -2.54. The van der Waals surface area contributed by atoms with Gasteiger partial charge in [0.25, 0.3) is 0 Å². The van der Waals surface area contributed by atoms with Crippen LogP contribution in [0.5, 0.6) is 0 Å². The Morgan fingerprint density at radius 3 is 2.63 bits per heavy atom. The van der Waals surface area contributed by atoms with E-state index in [1.807, 2.05) is 12.1 Å². The van der Waals surface area contributed by atoms with Crippen molar-refractivity contribution in [3.8, 4) is 0 Å². The van der Waals surface area contributed by atoms with Crippen LogP contribution in [0.1, 0.15) is 17.7 Å². The van der Waals surface area contributed by atoms with Gasteiger partial charge in [0.1, 0.15) is 0 Å². The van der Waals surface area contributed by atoms with E-state index in [0.717, 1.165) is 9.01 Å². The van der Waals surface area contributed by atoms with E-state index < -0.39 is 16.2 Å². The van der Waals surface area contributed by atoms with Gasteiger partial charge in [-0.05, 0) is 25.8 Å². The number of aromatic nitrogens is 2. The minimum Gasteiger partial charge on any atom is -0.381 e. The fourth-order valence-corrected chi connectivity index (χ4v) is 6.73. The van der Waals surface area contributed by atoms with Crippen LogP contribution in [-0.4, -0.2) is 43.5 Å². The summed E-state index contributed by atoms with van der Waals surface area (Å²) in [6, 6.07) is 5.93. The first-order valence-corrected chi connectivity index (χ1v) is 11.7. The summed E-state index contributed by atoms with van der Waals surface area (Å²) in [7, 11) is -2.64. The van der Waals surface area contributed by atoms with Crippen LogP contribution in [0.25, 0.3) is 10.1 Å². The highest BCUT2D eigenvalue weighted by molar-refractivity contribution is 7.95. The van der Waals surface area contributed by atoms with E-state index in [1.165, 1.54) is 26.5 Å². The fraction of sp³-hybridized carbons (Fsp3) is 0.368. The molecule has 2 aromatic heterocycles. The van der Waals surface area contributed by atoms with Crippen molar-refractivity contribution in [2.24, 2.45) is 12.8 Å². The second-order valence-electron chi connectivity index (χ2n) is 7.13. The molecule has 3 aromatic rings. The van der Waals surface area contributed by atoms with Gasteiger partial charge in [-0.1, -0.05) is 18.2 Å². The summed E-state index contributed by atoms with van der Waals surface area (Å²) in [5, 5.41) is 4.79. The number of nitrogens with zero attached hydrogens (tertiary/aromatic N) is 4. The maximum absolute atomic E-state index is 14.0. The molecule has 0 radical (unpaired) electrons. The molecule has 1 saturated heterocycles. The Labute approximate surface area is 178 Å². The number of ether oxygens (including phenoxy) is 1. The highest BCUT2D eigenvalue weighted by atomic mass is 32.2. The summed E-state index contributed by atoms with van der Waals surface area (Å²) < 4.78 is 37.7. The summed E-state index contributed by atoms with van der Waals surface area (Å²) in [6.07, 6.45) is 4.10. The topological polar surface area (TPSA) is 111 Å². The molecule has 1 aromatic carbocycles. The summed E-state index contributed by atoms with van der Waals surface area (Å²) in [5.41, 5.74) is 6.34. The van der Waals surface area contributed by atoms with Crippen LogP contribution in [0.15, 0.2) is 36.7 Å². The first kappa shape index (κ1) is 20.6. The SMILES string of the molecule is Cc1sc2ccccc2c1N(C(N)=O)S(=O)(=O)N(c1cnn(C)c1)C1CCOCC1. The van der Waals surface area contributed by atoms with Crippen molar-refractivity contribution in [2.75, 3.05) is 21.8 Å². The second kappa shape index (κ2) is 7.89. The van der Waals surface area contributed by atoms with Gasteiger partial charge in [-0.3, -0.25) is 4.68 Å². The Balaban J connectivity index is 1.89. The number of benzene rings is 1. The zero-order valence-corrected chi connectivity index (χ0v) is 18.3. The highest BCUT2D eigenvalue weighted by Crippen LogP contribution is 2.40. The van der Waals surface area contributed by atoms with Gasteiger partial charge in [-0.15, -0.1) is 11.3 Å². The molecular weight excluding hydrogens is 426 g/mol. The van der Waals surface area contributed by atoms with Crippen molar-refractivity contribution in [2.45, 2.75) is 25.8 Å². The molecule has 0 bridgehead atoms. The lowest BCUT2D eigenvalue weighted by atomic mass is 10.1. The average molecular weight is 450 g/mol. The van der Waals surface area contributed by atoms with Crippen LogP contribution in [0.4, 0.5) is 16.2 Å². The van der Waals surface area contributed by atoms with Crippen molar-refractivity contribution >= 4 is 49.0 Å². The summed E-state index contributed by atoms with van der Waals surface area (Å²) in [5.74, 6) is 0. The smallest absolute Gasteiger partial charge is 0.334 e. The Hall–Kier alpha value is -2.63. The molecule has 3 heterocycles. The van der Waals surface area contributed by atoms with Crippen molar-refractivity contribution in [3.05, 3.63) is 41.5 Å². The van der Waals surface area contributed by atoms with Gasteiger partial charge in [-0.2, -0.15) is 17.8 Å². The lowest BCUT2D eigenvalue weighted by Gasteiger charge is -2.37. The molecule has 30 heavy (non-hydrogen) atoms. The Bertz CT molecular complexity index is 1180. The van der Waals surface area contributed by atoms with Crippen LogP contribution in [0.2, 0.25) is 0 Å². The highest BCUT2D eigenvalue weighted by Gasteiger charge is 2.41. The molecule has 0 atom stereocenters. The third-order valence-electron chi connectivity index (χ3n) is 5.09. The number of carbonyl (C=O) groups excluding carboxylic acids is 1. The van der Waals surface area contributed by atoms with E-state index in [9.17, 15) is 13.2 Å². The maximum Gasteiger partial charge on any atom is 0.334 e. The molecule has 160 valence electrons. The Morgan fingerprint density at radius 1 is 1.30 bits per heavy atom. The maximum atomic E-state index is 14.0. The minimum absolute atomic E-state index is 0.295. The van der Waals surface area contributed by atoms with Crippen LogP contribution < -0.4 is 14.3 Å². The Morgan fingerprint density at radius 2 is 2.00 bits per heavy atom. The molecule has 1 aliphatic rings. The number of amides is 2. The zero-order valence-electron chi connectivity index (χ0n) is 16.7. The molecule has 2 N–H and O–H groups in total. The van der Waals surface area contributed by atoms with Crippen LogP contribution in [0.3, 0.4) is 0 Å². The van der Waals surface area contributed by atoms with E-state index in [1.54, 1.807) is 32.3 Å². The predicted molar refractivity (Wildman–Crippen MR) is 117 cm³/mol. The normalized spacial score (nSPS) is 15.4. The Kier molecular flexibility index (Phi) is 5.43. The van der Waals surface area contributed by atoms with Crippen molar-refractivity contribution < 1.29 is 17.9 Å². The largest absolute Gasteiger partial charge is 0.381 e. The van der Waals surface area contributed by atoms with Crippen LogP contribution in [-0.2, 0) is 22.0 Å². The van der Waals surface area contributed by atoms with Crippen LogP contribution in [0, 0.1) is 6.92 Å². The van der Waals surface area contributed by atoms with Crippen molar-refractivity contribution in [3.63, 3.8) is 0 Å². The molecule has 2 amide bonds. The van der Waals surface area contributed by atoms with Gasteiger partial charge in [0.05, 0.1) is 23.6 Å². The molecule has 0 aliphatic carbocycles. The van der Waals surface area contributed by atoms with Gasteiger partial charge >= 0.3 is 16.2 Å². The van der Waals surface area contributed by atoms with E-state index >= 15 is 0 Å². The zero-order chi connectivity index (χ0) is 21.5. The van der Waals surface area contributed by atoms with Gasteiger partial charge in [-0.25, -0.2) is 9.10 Å². The first-order chi connectivity index (χ1) is 14.3. The number of primary amides is 1. The summed E-state index contributed by atoms with van der Waals surface area (Å²) in [4.78, 5) is 13.3. The number of carbonyl (C=O) groups is 1. The molecule has 1 aliphatic heterocycles. The quantitative estimate of drug-likeness (QED) is 0.644. The van der Waals surface area contributed by atoms with Gasteiger partial charge in [0.15, 0.2) is 0 Å². The number of urea groups is 1. The molecule has 0 saturated carbocycles. The number of anilines is 2. The lowest BCUT2D eigenvalue weighted by molar-refractivity contribution is 0.0875. The number of thiophene rings is 1. The second-order valence-corrected chi connectivity index (χ2v) is 10.0. The number of hydrogen-bond acceptors (Lipinski definition) is 6. The minimum atomic E-state index is -4.35. The number of nitrogens with two attached hydrogens (primary N) is 1. The standard InChI is InChI=1S/C19H23N5O4S2/c1-13-18(16-5-3-4-6-17(16)29-13)24(19(20)25)30(26,27)23(14-7-9-28-10-8-14)15-11-21-22(2)12-15/h3-6,11-12,14H,7-10H2,1-2H3,(H2,20,25). The van der Waals surface area contributed by atoms with Gasteiger partial charge in [0.2, 0.25) is 0 Å². The van der Waals surface area contributed by atoms with E-state index in [2.05, 4.69) is 5.10 Å². The number of hydrogen-bond donors (Lipinski definition) is 1. The molecule has 9 nitrogen and oxygen atoms in total. The summed E-state index contributed by atoms with van der Waals surface area (Å²) >= 11 is 1.42. The van der Waals surface area contributed by atoms with Crippen molar-refractivity contribution in [1.82, 2.24) is 9.78 Å². The average Bonchev–Trinajstić information content (AvgIpc) is 3.25. The number of aryl methyl sites for hydroxylation is 2. The third kappa shape index (κ3) is 3.53. The number of rotatable bonds is 5. The van der Waals surface area contributed by atoms with Crippen LogP contribution >= 0.6 is 11.3 Å². The summed E-state index contributed by atoms with van der Waals surface area (Å²) in [6.45, 7) is 2.66. The van der Waals surface area contributed by atoms with E-state index in [0.29, 0.717) is 47.7 Å². The first-order valence-electron chi connectivity index (χ1n) is 9.49. The van der Waals surface area contributed by atoms with Gasteiger partial charge < -0.3 is 10.5 Å². The molecule has 11 heteroatoms. The number of fused-ring (bicyclic) bond motifs is 1. The molecular formula is C19H23N5O4S2. The van der Waals surface area contributed by atoms with E-state index in [-0.39, 0.29) is 6.04 Å². The monoisotopic (exact) mass is 449 g/mol. The molecule has 0 unspecified atom stereocenters. The molecule has 1 fully saturated rings. The van der Waals surface area contributed by atoms with E-state index in [4.69, 9.17) is 10.5 Å². The van der Waals surface area contributed by atoms with Gasteiger partial charge in [0, 0.05) is 41.4 Å². The molecule has 4 rings (SSSR count). The fourth-order valence-electron chi connectivity index (χ4n) is 3.81. The molecule has 0 spiro atoms. The third-order valence-corrected chi connectivity index (χ3v) is 7.99. The predicted octanol–water partition coefficient (Wildman–Crippen LogP) is 2.76. The van der Waals surface area contributed by atoms with Crippen molar-refractivity contribution in [1.29, 1.82) is 0 Å².